The molecule has 3 nitrogen and oxygen atoms in total. The quantitative estimate of drug-likeness (QED) is 0.849. The first kappa shape index (κ1) is 14.2. The fourth-order valence-corrected chi connectivity index (χ4v) is 2.75. The van der Waals surface area contributed by atoms with Crippen molar-refractivity contribution in [1.82, 2.24) is 5.32 Å². The highest BCUT2D eigenvalue weighted by atomic mass is 32.1. The van der Waals surface area contributed by atoms with Crippen molar-refractivity contribution in [3.63, 3.8) is 0 Å². The van der Waals surface area contributed by atoms with Crippen molar-refractivity contribution in [3.05, 3.63) is 21.9 Å². The first-order valence-electron chi connectivity index (χ1n) is 5.86. The summed E-state index contributed by atoms with van der Waals surface area (Å²) in [4.78, 5) is 12.6. The molecule has 1 atom stereocenters. The largest absolute Gasteiger partial charge is 0.388 e. The van der Waals surface area contributed by atoms with E-state index >= 15 is 0 Å². The van der Waals surface area contributed by atoms with Crippen LogP contribution in [0.3, 0.4) is 0 Å². The Kier molecular flexibility index (Phi) is 4.71. The van der Waals surface area contributed by atoms with Crippen LogP contribution in [0.25, 0.3) is 0 Å². The zero-order valence-electron chi connectivity index (χ0n) is 10.9. The van der Waals surface area contributed by atoms with Gasteiger partial charge in [0.05, 0.1) is 10.5 Å². The van der Waals surface area contributed by atoms with Crippen LogP contribution in [-0.4, -0.2) is 23.2 Å². The second-order valence-corrected chi connectivity index (χ2v) is 6.13. The monoisotopic (exact) mass is 255 g/mol. The second kappa shape index (κ2) is 5.65. The SMILES string of the molecule is Cc1ccsc1C(=O)NCC(C)(O)CC(C)C. The van der Waals surface area contributed by atoms with Gasteiger partial charge in [0.25, 0.3) is 5.91 Å². The summed E-state index contributed by atoms with van der Waals surface area (Å²) >= 11 is 1.43. The molecule has 0 fully saturated rings. The highest BCUT2D eigenvalue weighted by molar-refractivity contribution is 7.12. The normalized spacial score (nSPS) is 14.7. The summed E-state index contributed by atoms with van der Waals surface area (Å²) in [7, 11) is 0. The van der Waals surface area contributed by atoms with Crippen LogP contribution in [0.4, 0.5) is 0 Å². The summed E-state index contributed by atoms with van der Waals surface area (Å²) in [5.74, 6) is 0.312. The summed E-state index contributed by atoms with van der Waals surface area (Å²) in [6.45, 7) is 8.08. The average molecular weight is 255 g/mol. The van der Waals surface area contributed by atoms with E-state index in [9.17, 15) is 9.90 Å². The maximum absolute atomic E-state index is 11.8. The van der Waals surface area contributed by atoms with Gasteiger partial charge in [0, 0.05) is 6.54 Å². The molecule has 0 spiro atoms. The van der Waals surface area contributed by atoms with Crippen molar-refractivity contribution in [1.29, 1.82) is 0 Å². The van der Waals surface area contributed by atoms with E-state index in [-0.39, 0.29) is 5.91 Å². The molecule has 0 aliphatic carbocycles. The zero-order chi connectivity index (χ0) is 13.1. The minimum absolute atomic E-state index is 0.0958. The molecule has 0 saturated heterocycles. The number of nitrogens with one attached hydrogen (secondary N) is 1. The molecule has 0 aliphatic heterocycles. The molecule has 96 valence electrons. The van der Waals surface area contributed by atoms with E-state index in [0.717, 1.165) is 10.4 Å². The fourth-order valence-electron chi connectivity index (χ4n) is 1.91. The summed E-state index contributed by atoms with van der Waals surface area (Å²) in [6, 6.07) is 1.92. The molecule has 1 amide bonds. The minimum Gasteiger partial charge on any atom is -0.388 e. The van der Waals surface area contributed by atoms with E-state index in [1.54, 1.807) is 6.92 Å². The van der Waals surface area contributed by atoms with Gasteiger partial charge in [-0.25, -0.2) is 0 Å². The van der Waals surface area contributed by atoms with Gasteiger partial charge < -0.3 is 10.4 Å². The van der Waals surface area contributed by atoms with Crippen LogP contribution >= 0.6 is 11.3 Å². The van der Waals surface area contributed by atoms with E-state index in [2.05, 4.69) is 19.2 Å². The van der Waals surface area contributed by atoms with E-state index in [0.29, 0.717) is 18.9 Å². The fraction of sp³-hybridized carbons (Fsp3) is 0.615. The lowest BCUT2D eigenvalue weighted by atomic mass is 9.94. The molecule has 1 rings (SSSR count). The van der Waals surface area contributed by atoms with Crippen LogP contribution in [0.5, 0.6) is 0 Å². The predicted octanol–water partition coefficient (Wildman–Crippen LogP) is 2.58. The maximum Gasteiger partial charge on any atom is 0.261 e. The van der Waals surface area contributed by atoms with Gasteiger partial charge in [0.1, 0.15) is 0 Å². The van der Waals surface area contributed by atoms with Crippen molar-refractivity contribution in [3.8, 4) is 0 Å². The van der Waals surface area contributed by atoms with E-state index in [1.165, 1.54) is 11.3 Å². The van der Waals surface area contributed by atoms with Gasteiger partial charge in [-0.05, 0) is 43.2 Å². The molecule has 0 aliphatic rings. The van der Waals surface area contributed by atoms with Gasteiger partial charge >= 0.3 is 0 Å². The third-order valence-electron chi connectivity index (χ3n) is 2.55. The Labute approximate surface area is 107 Å². The smallest absolute Gasteiger partial charge is 0.261 e. The third kappa shape index (κ3) is 4.48. The first-order valence-corrected chi connectivity index (χ1v) is 6.74. The topological polar surface area (TPSA) is 49.3 Å². The Morgan fingerprint density at radius 1 is 1.59 bits per heavy atom. The van der Waals surface area contributed by atoms with Gasteiger partial charge in [-0.15, -0.1) is 11.3 Å². The van der Waals surface area contributed by atoms with Crippen molar-refractivity contribution in [2.75, 3.05) is 6.54 Å². The molecule has 1 aromatic rings. The van der Waals surface area contributed by atoms with Gasteiger partial charge in [0.15, 0.2) is 0 Å². The Hall–Kier alpha value is -0.870. The van der Waals surface area contributed by atoms with Gasteiger partial charge in [-0.2, -0.15) is 0 Å². The van der Waals surface area contributed by atoms with Crippen LogP contribution in [-0.2, 0) is 0 Å². The molecule has 0 aromatic carbocycles. The number of aryl methyl sites for hydroxylation is 1. The lowest BCUT2D eigenvalue weighted by Crippen LogP contribution is -2.41. The lowest BCUT2D eigenvalue weighted by Gasteiger charge is -2.25. The molecule has 17 heavy (non-hydrogen) atoms. The Morgan fingerprint density at radius 2 is 2.24 bits per heavy atom. The number of hydrogen-bond acceptors (Lipinski definition) is 3. The lowest BCUT2D eigenvalue weighted by molar-refractivity contribution is 0.0369. The number of rotatable bonds is 5. The van der Waals surface area contributed by atoms with Crippen LogP contribution in [0.2, 0.25) is 0 Å². The van der Waals surface area contributed by atoms with E-state index in [1.807, 2.05) is 18.4 Å². The molecule has 1 unspecified atom stereocenters. The van der Waals surface area contributed by atoms with Gasteiger partial charge in [-0.1, -0.05) is 13.8 Å². The number of hydrogen-bond donors (Lipinski definition) is 2. The molecule has 0 bridgehead atoms. The number of carbonyl (C=O) groups excluding carboxylic acids is 1. The van der Waals surface area contributed by atoms with Crippen LogP contribution < -0.4 is 5.32 Å². The van der Waals surface area contributed by atoms with Crippen molar-refractivity contribution >= 4 is 17.2 Å². The minimum atomic E-state index is -0.838. The molecule has 4 heteroatoms. The molecular formula is C13H21NO2S. The van der Waals surface area contributed by atoms with E-state index < -0.39 is 5.60 Å². The third-order valence-corrected chi connectivity index (χ3v) is 3.56. The molecule has 1 aromatic heterocycles. The molecular weight excluding hydrogens is 234 g/mol. The highest BCUT2D eigenvalue weighted by Gasteiger charge is 2.23. The number of carbonyl (C=O) groups is 1. The molecule has 0 saturated carbocycles. The summed E-state index contributed by atoms with van der Waals surface area (Å²) in [5, 5.41) is 14.8. The number of aliphatic hydroxyl groups is 1. The zero-order valence-corrected chi connectivity index (χ0v) is 11.7. The Balaban J connectivity index is 2.51. The van der Waals surface area contributed by atoms with Crippen molar-refractivity contribution < 1.29 is 9.90 Å². The van der Waals surface area contributed by atoms with Crippen LogP contribution in [0.15, 0.2) is 11.4 Å². The van der Waals surface area contributed by atoms with Crippen LogP contribution in [0.1, 0.15) is 42.4 Å². The van der Waals surface area contributed by atoms with Crippen LogP contribution in [0, 0.1) is 12.8 Å². The number of thiophene rings is 1. The summed E-state index contributed by atoms with van der Waals surface area (Å²) in [5.41, 5.74) is 0.144. The molecule has 2 N–H and O–H groups in total. The van der Waals surface area contributed by atoms with Gasteiger partial charge in [0.2, 0.25) is 0 Å². The van der Waals surface area contributed by atoms with Crippen molar-refractivity contribution in [2.45, 2.75) is 39.7 Å². The summed E-state index contributed by atoms with van der Waals surface area (Å²) < 4.78 is 0. The maximum atomic E-state index is 11.8. The first-order chi connectivity index (χ1) is 7.82. The predicted molar refractivity (Wildman–Crippen MR) is 71.5 cm³/mol. The summed E-state index contributed by atoms with van der Waals surface area (Å²) in [6.07, 6.45) is 0.677. The standard InChI is InChI=1S/C13H21NO2S/c1-9(2)7-13(4,16)8-14-12(15)11-10(3)5-6-17-11/h5-6,9,16H,7-8H2,1-4H3,(H,14,15). The Bertz CT molecular complexity index is 383. The average Bonchev–Trinajstić information content (AvgIpc) is 2.59. The Morgan fingerprint density at radius 3 is 2.71 bits per heavy atom. The van der Waals surface area contributed by atoms with E-state index in [4.69, 9.17) is 0 Å². The molecule has 1 heterocycles. The van der Waals surface area contributed by atoms with Gasteiger partial charge in [-0.3, -0.25) is 4.79 Å². The number of amides is 1. The molecule has 0 radical (unpaired) electrons. The van der Waals surface area contributed by atoms with Crippen molar-refractivity contribution in [2.24, 2.45) is 5.92 Å². The highest BCUT2D eigenvalue weighted by Crippen LogP contribution is 2.17. The second-order valence-electron chi connectivity index (χ2n) is 5.21.